The minimum Gasteiger partial charge on any atom is -0.475 e. The second-order valence-electron chi connectivity index (χ2n) is 4.18. The highest BCUT2D eigenvalue weighted by atomic mass is 16.5. The Morgan fingerprint density at radius 1 is 1.56 bits per heavy atom. The first-order valence-corrected chi connectivity index (χ1v) is 6.05. The number of hydrogen-bond donors (Lipinski definition) is 1. The standard InChI is InChI=1S/C13H18N4O/c1-4-14-11-9-17-7-6-15-12(17)13(16-11)18-8-5-10(2)3/h6-7,9,14H,2,4-5,8H2,1,3H3. The molecule has 2 rings (SSSR count). The van der Waals surface area contributed by atoms with Crippen LogP contribution in [0.1, 0.15) is 20.3 Å². The Morgan fingerprint density at radius 3 is 3.11 bits per heavy atom. The van der Waals surface area contributed by atoms with E-state index in [4.69, 9.17) is 4.74 Å². The van der Waals surface area contributed by atoms with Gasteiger partial charge in [0.05, 0.1) is 12.8 Å². The van der Waals surface area contributed by atoms with Crippen LogP contribution in [-0.4, -0.2) is 27.5 Å². The average molecular weight is 246 g/mol. The normalized spacial score (nSPS) is 10.6. The number of nitrogens with zero attached hydrogens (tertiary/aromatic N) is 3. The SMILES string of the molecule is C=C(C)CCOc1nc(NCC)cn2ccnc12. The molecule has 0 aliphatic rings. The zero-order chi connectivity index (χ0) is 13.0. The number of rotatable bonds is 6. The Morgan fingerprint density at radius 2 is 2.39 bits per heavy atom. The van der Waals surface area contributed by atoms with Crippen molar-refractivity contribution in [3.05, 3.63) is 30.7 Å². The monoisotopic (exact) mass is 246 g/mol. The molecule has 0 aromatic carbocycles. The molecule has 0 aliphatic heterocycles. The van der Waals surface area contributed by atoms with Crippen molar-refractivity contribution in [3.8, 4) is 5.88 Å². The van der Waals surface area contributed by atoms with Crippen LogP contribution in [0.2, 0.25) is 0 Å². The van der Waals surface area contributed by atoms with E-state index in [0.717, 1.165) is 30.0 Å². The first-order chi connectivity index (χ1) is 8.70. The summed E-state index contributed by atoms with van der Waals surface area (Å²) < 4.78 is 7.58. The molecular weight excluding hydrogens is 228 g/mol. The van der Waals surface area contributed by atoms with Crippen LogP contribution in [0.5, 0.6) is 5.88 Å². The first kappa shape index (κ1) is 12.4. The molecule has 0 radical (unpaired) electrons. The average Bonchev–Trinajstić information content (AvgIpc) is 2.77. The maximum atomic E-state index is 5.68. The first-order valence-electron chi connectivity index (χ1n) is 6.05. The molecule has 5 heteroatoms. The van der Waals surface area contributed by atoms with Crippen LogP contribution in [0, 0.1) is 0 Å². The van der Waals surface area contributed by atoms with Crippen LogP contribution in [-0.2, 0) is 0 Å². The van der Waals surface area contributed by atoms with Crippen LogP contribution in [0.15, 0.2) is 30.7 Å². The summed E-state index contributed by atoms with van der Waals surface area (Å²) in [5.41, 5.74) is 1.83. The van der Waals surface area contributed by atoms with Gasteiger partial charge < -0.3 is 10.1 Å². The Kier molecular flexibility index (Phi) is 3.82. The summed E-state index contributed by atoms with van der Waals surface area (Å²) in [5.74, 6) is 1.34. The van der Waals surface area contributed by atoms with Gasteiger partial charge in [0.1, 0.15) is 5.82 Å². The molecule has 0 bridgehead atoms. The van der Waals surface area contributed by atoms with Gasteiger partial charge in [0.25, 0.3) is 5.88 Å². The molecule has 96 valence electrons. The van der Waals surface area contributed by atoms with E-state index >= 15 is 0 Å². The molecule has 0 aliphatic carbocycles. The lowest BCUT2D eigenvalue weighted by atomic mass is 10.3. The number of anilines is 1. The highest BCUT2D eigenvalue weighted by Crippen LogP contribution is 2.19. The van der Waals surface area contributed by atoms with Crippen molar-refractivity contribution in [1.29, 1.82) is 0 Å². The van der Waals surface area contributed by atoms with Crippen molar-refractivity contribution >= 4 is 11.5 Å². The predicted octanol–water partition coefficient (Wildman–Crippen LogP) is 2.51. The molecule has 2 aromatic heterocycles. The summed E-state index contributed by atoms with van der Waals surface area (Å²) in [7, 11) is 0. The number of imidazole rings is 1. The van der Waals surface area contributed by atoms with Gasteiger partial charge in [-0.1, -0.05) is 5.57 Å². The van der Waals surface area contributed by atoms with E-state index in [0.29, 0.717) is 12.5 Å². The van der Waals surface area contributed by atoms with Gasteiger partial charge in [-0.15, -0.1) is 6.58 Å². The van der Waals surface area contributed by atoms with Gasteiger partial charge >= 0.3 is 0 Å². The molecule has 0 atom stereocenters. The Labute approximate surface area is 107 Å². The number of hydrogen-bond acceptors (Lipinski definition) is 4. The van der Waals surface area contributed by atoms with Gasteiger partial charge in [-0.3, -0.25) is 4.40 Å². The third kappa shape index (κ3) is 2.80. The highest BCUT2D eigenvalue weighted by molar-refractivity contribution is 5.53. The number of fused-ring (bicyclic) bond motifs is 1. The predicted molar refractivity (Wildman–Crippen MR) is 72.1 cm³/mol. The third-order valence-corrected chi connectivity index (χ3v) is 2.47. The summed E-state index contributed by atoms with van der Waals surface area (Å²) in [4.78, 5) is 8.66. The van der Waals surface area contributed by atoms with E-state index in [1.54, 1.807) is 6.20 Å². The molecule has 18 heavy (non-hydrogen) atoms. The van der Waals surface area contributed by atoms with Crippen molar-refractivity contribution in [1.82, 2.24) is 14.4 Å². The van der Waals surface area contributed by atoms with Crippen LogP contribution < -0.4 is 10.1 Å². The lowest BCUT2D eigenvalue weighted by Crippen LogP contribution is -2.06. The summed E-state index contributed by atoms with van der Waals surface area (Å²) >= 11 is 0. The van der Waals surface area contributed by atoms with Gasteiger partial charge in [0.15, 0.2) is 0 Å². The van der Waals surface area contributed by atoms with Crippen molar-refractivity contribution in [2.75, 3.05) is 18.5 Å². The fraction of sp³-hybridized carbons (Fsp3) is 0.385. The van der Waals surface area contributed by atoms with E-state index in [1.165, 1.54) is 0 Å². The molecule has 2 heterocycles. The lowest BCUT2D eigenvalue weighted by molar-refractivity contribution is 0.312. The second kappa shape index (κ2) is 5.53. The summed E-state index contributed by atoms with van der Waals surface area (Å²) in [6.07, 6.45) is 6.33. The largest absolute Gasteiger partial charge is 0.475 e. The van der Waals surface area contributed by atoms with E-state index in [-0.39, 0.29) is 0 Å². The minimum atomic E-state index is 0.555. The molecule has 0 saturated heterocycles. The Balaban J connectivity index is 2.22. The molecule has 0 saturated carbocycles. The summed E-state index contributed by atoms with van der Waals surface area (Å²) in [6, 6.07) is 0. The van der Waals surface area contributed by atoms with E-state index in [9.17, 15) is 0 Å². The maximum absolute atomic E-state index is 5.68. The molecular formula is C13H18N4O. The topological polar surface area (TPSA) is 51.5 Å². The third-order valence-electron chi connectivity index (χ3n) is 2.47. The molecule has 5 nitrogen and oxygen atoms in total. The van der Waals surface area contributed by atoms with E-state index < -0.39 is 0 Å². The van der Waals surface area contributed by atoms with Crippen LogP contribution in [0.3, 0.4) is 0 Å². The van der Waals surface area contributed by atoms with E-state index in [1.807, 2.05) is 30.6 Å². The molecule has 0 spiro atoms. The summed E-state index contributed by atoms with van der Waals surface area (Å²) in [6.45, 7) is 9.25. The van der Waals surface area contributed by atoms with Crippen LogP contribution >= 0.6 is 0 Å². The van der Waals surface area contributed by atoms with Crippen molar-refractivity contribution < 1.29 is 4.74 Å². The molecule has 0 amide bonds. The quantitative estimate of drug-likeness (QED) is 0.796. The smallest absolute Gasteiger partial charge is 0.260 e. The van der Waals surface area contributed by atoms with Gasteiger partial charge in [-0.05, 0) is 13.8 Å². The fourth-order valence-corrected chi connectivity index (χ4v) is 1.59. The van der Waals surface area contributed by atoms with Crippen LogP contribution in [0.25, 0.3) is 5.65 Å². The highest BCUT2D eigenvalue weighted by Gasteiger charge is 2.08. The Hall–Kier alpha value is -2.04. The van der Waals surface area contributed by atoms with Gasteiger partial charge in [0.2, 0.25) is 5.65 Å². The van der Waals surface area contributed by atoms with E-state index in [2.05, 4.69) is 21.9 Å². The van der Waals surface area contributed by atoms with Crippen molar-refractivity contribution in [3.63, 3.8) is 0 Å². The molecule has 2 aromatic rings. The fourth-order valence-electron chi connectivity index (χ4n) is 1.59. The lowest BCUT2D eigenvalue weighted by Gasteiger charge is -2.09. The van der Waals surface area contributed by atoms with Gasteiger partial charge in [-0.25, -0.2) is 4.98 Å². The Bertz CT molecular complexity index is 547. The molecule has 1 N–H and O–H groups in total. The van der Waals surface area contributed by atoms with Gasteiger partial charge in [-0.2, -0.15) is 4.98 Å². The zero-order valence-corrected chi connectivity index (χ0v) is 10.8. The zero-order valence-electron chi connectivity index (χ0n) is 10.8. The van der Waals surface area contributed by atoms with Crippen LogP contribution in [0.4, 0.5) is 5.82 Å². The number of ether oxygens (including phenoxy) is 1. The number of aromatic nitrogens is 3. The van der Waals surface area contributed by atoms with Crippen molar-refractivity contribution in [2.45, 2.75) is 20.3 Å². The molecule has 0 fully saturated rings. The second-order valence-corrected chi connectivity index (χ2v) is 4.18. The van der Waals surface area contributed by atoms with Gasteiger partial charge in [0, 0.05) is 25.4 Å². The van der Waals surface area contributed by atoms with Crippen molar-refractivity contribution in [2.24, 2.45) is 0 Å². The summed E-state index contributed by atoms with van der Waals surface area (Å²) in [5, 5.41) is 3.17. The molecule has 0 unspecified atom stereocenters. The number of nitrogens with one attached hydrogen (secondary N) is 1. The minimum absolute atomic E-state index is 0.555. The maximum Gasteiger partial charge on any atom is 0.260 e.